The molecule has 1 aromatic carbocycles. The molecule has 2 aromatic rings. The summed E-state index contributed by atoms with van der Waals surface area (Å²) in [6.45, 7) is 2.07. The smallest absolute Gasteiger partial charge is 0.338 e. The second kappa shape index (κ2) is 5.14. The molecule has 18 heavy (non-hydrogen) atoms. The molecule has 1 heterocycles. The highest BCUT2D eigenvalue weighted by Crippen LogP contribution is 2.26. The molecule has 0 radical (unpaired) electrons. The first-order valence-electron chi connectivity index (χ1n) is 5.26. The van der Waals surface area contributed by atoms with Crippen LogP contribution in [0.15, 0.2) is 34.9 Å². The largest absolute Gasteiger partial charge is 0.484 e. The van der Waals surface area contributed by atoms with Crippen molar-refractivity contribution in [3.63, 3.8) is 0 Å². The lowest BCUT2D eigenvalue weighted by Crippen LogP contribution is -1.95. The van der Waals surface area contributed by atoms with Crippen LogP contribution in [0.2, 0.25) is 5.02 Å². The normalized spacial score (nSPS) is 10.3. The number of hydrogen-bond donors (Lipinski definition) is 1. The minimum absolute atomic E-state index is 0.101. The Hall–Kier alpha value is -1.94. The van der Waals surface area contributed by atoms with E-state index in [1.54, 1.807) is 12.1 Å². The van der Waals surface area contributed by atoms with Crippen LogP contribution in [0.25, 0.3) is 0 Å². The molecule has 1 aromatic heterocycles. The van der Waals surface area contributed by atoms with Gasteiger partial charge in [-0.05, 0) is 30.7 Å². The van der Waals surface area contributed by atoms with Crippen LogP contribution >= 0.6 is 11.6 Å². The average Bonchev–Trinajstić information content (AvgIpc) is 2.76. The van der Waals surface area contributed by atoms with Crippen molar-refractivity contribution in [2.45, 2.75) is 13.5 Å². The third-order valence-corrected chi connectivity index (χ3v) is 2.65. The summed E-state index contributed by atoms with van der Waals surface area (Å²) >= 11 is 6.00. The van der Waals surface area contributed by atoms with Gasteiger partial charge in [-0.1, -0.05) is 17.7 Å². The predicted octanol–water partition coefficient (Wildman–Crippen LogP) is 3.52. The quantitative estimate of drug-likeness (QED) is 0.920. The van der Waals surface area contributed by atoms with Crippen molar-refractivity contribution in [3.05, 3.63) is 52.4 Å². The van der Waals surface area contributed by atoms with Gasteiger partial charge in [0.05, 0.1) is 10.6 Å². The Balaban J connectivity index is 2.04. The molecule has 0 fully saturated rings. The van der Waals surface area contributed by atoms with E-state index in [2.05, 4.69) is 0 Å². The molecule has 0 saturated carbocycles. The maximum atomic E-state index is 10.7. The van der Waals surface area contributed by atoms with Crippen LogP contribution in [0, 0.1) is 6.92 Å². The second-order valence-corrected chi connectivity index (χ2v) is 4.24. The highest BCUT2D eigenvalue weighted by molar-refractivity contribution is 6.32. The first-order valence-corrected chi connectivity index (χ1v) is 5.63. The number of aromatic carboxylic acids is 1. The Bertz CT molecular complexity index is 574. The number of rotatable bonds is 4. The molecule has 1 N–H and O–H groups in total. The molecule has 0 unspecified atom stereocenters. The molecule has 5 heteroatoms. The Labute approximate surface area is 109 Å². The number of aryl methyl sites for hydroxylation is 1. The molecule has 2 rings (SSSR count). The van der Waals surface area contributed by atoms with E-state index < -0.39 is 5.97 Å². The number of carboxylic acids is 1. The zero-order chi connectivity index (χ0) is 13.1. The molecule has 4 nitrogen and oxygen atoms in total. The van der Waals surface area contributed by atoms with Crippen molar-refractivity contribution in [2.24, 2.45) is 0 Å². The van der Waals surface area contributed by atoms with E-state index in [-0.39, 0.29) is 12.2 Å². The van der Waals surface area contributed by atoms with Crippen LogP contribution in [0.3, 0.4) is 0 Å². The number of ether oxygens (including phenoxy) is 1. The molecule has 0 aliphatic carbocycles. The fourth-order valence-electron chi connectivity index (χ4n) is 1.44. The van der Waals surface area contributed by atoms with Crippen LogP contribution < -0.4 is 4.74 Å². The van der Waals surface area contributed by atoms with Crippen molar-refractivity contribution in [1.29, 1.82) is 0 Å². The zero-order valence-corrected chi connectivity index (χ0v) is 10.4. The molecule has 0 spiro atoms. The summed E-state index contributed by atoms with van der Waals surface area (Å²) in [6.07, 6.45) is 1.18. The van der Waals surface area contributed by atoms with E-state index in [1.807, 2.05) is 13.0 Å². The minimum atomic E-state index is -1.03. The van der Waals surface area contributed by atoms with Gasteiger partial charge in [0.25, 0.3) is 0 Å². The van der Waals surface area contributed by atoms with Crippen LogP contribution in [-0.4, -0.2) is 11.1 Å². The van der Waals surface area contributed by atoms with Gasteiger partial charge in [0.15, 0.2) is 0 Å². The van der Waals surface area contributed by atoms with Crippen LogP contribution in [0.1, 0.15) is 21.7 Å². The monoisotopic (exact) mass is 266 g/mol. The number of benzene rings is 1. The number of halogens is 1. The van der Waals surface area contributed by atoms with E-state index in [0.717, 1.165) is 5.56 Å². The first kappa shape index (κ1) is 12.5. The van der Waals surface area contributed by atoms with Gasteiger partial charge in [-0.15, -0.1) is 0 Å². The van der Waals surface area contributed by atoms with Crippen molar-refractivity contribution in [2.75, 3.05) is 0 Å². The molecule has 0 aliphatic heterocycles. The van der Waals surface area contributed by atoms with Gasteiger partial charge in [-0.3, -0.25) is 0 Å². The molecular formula is C13H11ClO4. The summed E-state index contributed by atoms with van der Waals surface area (Å²) in [4.78, 5) is 10.7. The number of carboxylic acid groups (broad SMARTS) is 1. The molecule has 94 valence electrons. The summed E-state index contributed by atoms with van der Waals surface area (Å²) < 4.78 is 10.5. The van der Waals surface area contributed by atoms with Gasteiger partial charge < -0.3 is 14.3 Å². The predicted molar refractivity (Wildman–Crippen MR) is 66.2 cm³/mol. The van der Waals surface area contributed by atoms with Crippen molar-refractivity contribution in [3.8, 4) is 5.75 Å². The lowest BCUT2D eigenvalue weighted by molar-refractivity contribution is 0.0696. The Morgan fingerprint density at radius 2 is 2.22 bits per heavy atom. The minimum Gasteiger partial charge on any atom is -0.484 e. The SMILES string of the molecule is Cc1ccc(OCc2cc(C(=O)O)co2)c(Cl)c1. The maximum absolute atomic E-state index is 10.7. The van der Waals surface area contributed by atoms with E-state index in [0.29, 0.717) is 16.5 Å². The van der Waals surface area contributed by atoms with E-state index >= 15 is 0 Å². The van der Waals surface area contributed by atoms with Gasteiger partial charge in [-0.25, -0.2) is 4.79 Å². The van der Waals surface area contributed by atoms with Gasteiger partial charge in [0, 0.05) is 0 Å². The Kier molecular flexibility index (Phi) is 3.58. The zero-order valence-electron chi connectivity index (χ0n) is 9.64. The Morgan fingerprint density at radius 3 is 2.83 bits per heavy atom. The lowest BCUT2D eigenvalue weighted by atomic mass is 10.2. The fraction of sp³-hybridized carbons (Fsp3) is 0.154. The maximum Gasteiger partial charge on any atom is 0.338 e. The van der Waals surface area contributed by atoms with E-state index in [9.17, 15) is 4.79 Å². The van der Waals surface area contributed by atoms with Gasteiger partial charge in [0.1, 0.15) is 24.4 Å². The Morgan fingerprint density at radius 1 is 1.44 bits per heavy atom. The van der Waals surface area contributed by atoms with E-state index in [4.69, 9.17) is 25.9 Å². The molecular weight excluding hydrogens is 256 g/mol. The first-order chi connectivity index (χ1) is 8.56. The molecule has 0 aliphatic rings. The van der Waals surface area contributed by atoms with Crippen LogP contribution in [0.5, 0.6) is 5.75 Å². The van der Waals surface area contributed by atoms with Crippen molar-refractivity contribution in [1.82, 2.24) is 0 Å². The molecule has 0 atom stereocenters. The average molecular weight is 267 g/mol. The topological polar surface area (TPSA) is 59.7 Å². The lowest BCUT2D eigenvalue weighted by Gasteiger charge is -2.06. The standard InChI is InChI=1S/C13H11ClO4/c1-8-2-3-12(11(14)4-8)18-7-10-5-9(6-17-10)13(15)16/h2-6H,7H2,1H3,(H,15,16). The van der Waals surface area contributed by atoms with E-state index in [1.165, 1.54) is 12.3 Å². The summed E-state index contributed by atoms with van der Waals surface area (Å²) in [5.74, 6) is -0.0575. The number of carbonyl (C=O) groups is 1. The molecule has 0 bridgehead atoms. The second-order valence-electron chi connectivity index (χ2n) is 3.83. The van der Waals surface area contributed by atoms with Crippen molar-refractivity contribution >= 4 is 17.6 Å². The summed E-state index contributed by atoms with van der Waals surface area (Å²) in [6, 6.07) is 6.86. The third-order valence-electron chi connectivity index (χ3n) is 2.36. The third kappa shape index (κ3) is 2.84. The fourth-order valence-corrected chi connectivity index (χ4v) is 1.73. The van der Waals surface area contributed by atoms with Crippen molar-refractivity contribution < 1.29 is 19.1 Å². The highest BCUT2D eigenvalue weighted by Gasteiger charge is 2.09. The summed E-state index contributed by atoms with van der Waals surface area (Å²) in [5.41, 5.74) is 1.14. The summed E-state index contributed by atoms with van der Waals surface area (Å²) in [5, 5.41) is 9.25. The molecule has 0 saturated heterocycles. The van der Waals surface area contributed by atoms with Gasteiger partial charge in [-0.2, -0.15) is 0 Å². The number of furan rings is 1. The van der Waals surface area contributed by atoms with Crippen LogP contribution in [0.4, 0.5) is 0 Å². The highest BCUT2D eigenvalue weighted by atomic mass is 35.5. The van der Waals surface area contributed by atoms with Gasteiger partial charge >= 0.3 is 5.97 Å². The summed E-state index contributed by atoms with van der Waals surface area (Å²) in [7, 11) is 0. The number of hydrogen-bond acceptors (Lipinski definition) is 3. The molecule has 0 amide bonds. The van der Waals surface area contributed by atoms with Crippen LogP contribution in [-0.2, 0) is 6.61 Å². The van der Waals surface area contributed by atoms with Gasteiger partial charge in [0.2, 0.25) is 0 Å².